The Morgan fingerprint density at radius 2 is 2.21 bits per heavy atom. The molecule has 1 fully saturated rings. The Morgan fingerprint density at radius 3 is 2.84 bits per heavy atom. The topological polar surface area (TPSA) is 81.4 Å². The van der Waals surface area contributed by atoms with Crippen molar-refractivity contribution in [1.82, 2.24) is 4.72 Å². The van der Waals surface area contributed by atoms with Gasteiger partial charge in [-0.1, -0.05) is 6.07 Å². The van der Waals surface area contributed by atoms with Crippen molar-refractivity contribution in [1.29, 1.82) is 0 Å². The molecule has 0 aliphatic carbocycles. The third-order valence-electron chi connectivity index (χ3n) is 3.37. The number of aryl methyl sites for hydroxylation is 1. The Labute approximate surface area is 114 Å². The van der Waals surface area contributed by atoms with Crippen LogP contribution in [0.5, 0.6) is 0 Å². The van der Waals surface area contributed by atoms with Crippen LogP contribution in [0.2, 0.25) is 0 Å². The highest BCUT2D eigenvalue weighted by molar-refractivity contribution is 7.89. The summed E-state index contributed by atoms with van der Waals surface area (Å²) in [5, 5.41) is 0. The Hall–Kier alpha value is -1.11. The molecule has 3 N–H and O–H groups in total. The quantitative estimate of drug-likeness (QED) is 0.819. The lowest BCUT2D eigenvalue weighted by atomic mass is 10.1. The second-order valence-electron chi connectivity index (χ2n) is 4.99. The van der Waals surface area contributed by atoms with E-state index in [4.69, 9.17) is 10.5 Å². The number of sulfonamides is 1. The third-order valence-corrected chi connectivity index (χ3v) is 5.07. The van der Waals surface area contributed by atoms with Crippen molar-refractivity contribution in [3.8, 4) is 0 Å². The molecule has 5 nitrogen and oxygen atoms in total. The van der Waals surface area contributed by atoms with Gasteiger partial charge in [-0.25, -0.2) is 13.1 Å². The van der Waals surface area contributed by atoms with E-state index in [0.29, 0.717) is 17.9 Å². The van der Waals surface area contributed by atoms with Gasteiger partial charge in [0.25, 0.3) is 0 Å². The molecule has 2 atom stereocenters. The number of anilines is 1. The predicted molar refractivity (Wildman–Crippen MR) is 74.3 cm³/mol. The number of ether oxygens (including phenoxy) is 1. The predicted octanol–water partition coefficient (Wildman–Crippen LogP) is 1.42. The summed E-state index contributed by atoms with van der Waals surface area (Å²) in [6, 6.07) is 4.65. The maximum absolute atomic E-state index is 12.4. The molecule has 2 rings (SSSR count). The molecular formula is C13H20N2O3S. The summed E-state index contributed by atoms with van der Waals surface area (Å²) in [7, 11) is -3.56. The summed E-state index contributed by atoms with van der Waals surface area (Å²) in [4.78, 5) is 0.234. The van der Waals surface area contributed by atoms with Crippen molar-refractivity contribution in [2.75, 3.05) is 12.3 Å². The summed E-state index contributed by atoms with van der Waals surface area (Å²) in [5.41, 5.74) is 6.78. The van der Waals surface area contributed by atoms with E-state index in [2.05, 4.69) is 4.72 Å². The number of hydrogen-bond acceptors (Lipinski definition) is 4. The molecule has 0 spiro atoms. The van der Waals surface area contributed by atoms with Gasteiger partial charge in [0.1, 0.15) is 0 Å². The van der Waals surface area contributed by atoms with Crippen LogP contribution < -0.4 is 10.5 Å². The van der Waals surface area contributed by atoms with Crippen LogP contribution in [0.1, 0.15) is 25.3 Å². The van der Waals surface area contributed by atoms with Crippen LogP contribution >= 0.6 is 0 Å². The van der Waals surface area contributed by atoms with Gasteiger partial charge in [-0.15, -0.1) is 0 Å². The van der Waals surface area contributed by atoms with Gasteiger partial charge in [-0.05, 0) is 44.4 Å². The summed E-state index contributed by atoms with van der Waals surface area (Å²) in [6.07, 6.45) is 1.82. The van der Waals surface area contributed by atoms with E-state index in [9.17, 15) is 8.42 Å². The summed E-state index contributed by atoms with van der Waals surface area (Å²) < 4.78 is 32.9. The molecule has 1 heterocycles. The van der Waals surface area contributed by atoms with Gasteiger partial charge in [0, 0.05) is 18.3 Å². The third kappa shape index (κ3) is 3.26. The van der Waals surface area contributed by atoms with Gasteiger partial charge in [0.15, 0.2) is 0 Å². The highest BCUT2D eigenvalue weighted by atomic mass is 32.2. The Kier molecular flexibility index (Phi) is 4.13. The first-order valence-corrected chi connectivity index (χ1v) is 7.88. The maximum Gasteiger partial charge on any atom is 0.241 e. The van der Waals surface area contributed by atoms with Crippen molar-refractivity contribution in [2.45, 2.75) is 43.7 Å². The van der Waals surface area contributed by atoms with E-state index < -0.39 is 10.0 Å². The SMILES string of the molecule is Cc1ccc(N)cc1S(=O)(=O)NC(C)C1CCCO1. The molecule has 0 saturated carbocycles. The maximum atomic E-state index is 12.4. The van der Waals surface area contributed by atoms with Gasteiger partial charge >= 0.3 is 0 Å². The van der Waals surface area contributed by atoms with Gasteiger partial charge in [0.05, 0.1) is 11.0 Å². The molecule has 6 heteroatoms. The number of hydrogen-bond donors (Lipinski definition) is 2. The Balaban J connectivity index is 2.19. The fraction of sp³-hybridized carbons (Fsp3) is 0.538. The van der Waals surface area contributed by atoms with E-state index in [1.54, 1.807) is 19.1 Å². The van der Waals surface area contributed by atoms with Crippen molar-refractivity contribution < 1.29 is 13.2 Å². The number of nitrogen functional groups attached to an aromatic ring is 1. The monoisotopic (exact) mass is 284 g/mol. The van der Waals surface area contributed by atoms with E-state index in [1.165, 1.54) is 6.07 Å². The van der Waals surface area contributed by atoms with Crippen molar-refractivity contribution >= 4 is 15.7 Å². The normalized spacial score (nSPS) is 21.5. The van der Waals surface area contributed by atoms with Crippen LogP contribution in [0.4, 0.5) is 5.69 Å². The fourth-order valence-corrected chi connectivity index (χ4v) is 3.84. The van der Waals surface area contributed by atoms with Crippen molar-refractivity contribution in [3.05, 3.63) is 23.8 Å². The molecule has 2 unspecified atom stereocenters. The van der Waals surface area contributed by atoms with E-state index >= 15 is 0 Å². The minimum atomic E-state index is -3.56. The lowest BCUT2D eigenvalue weighted by Gasteiger charge is -2.20. The summed E-state index contributed by atoms with van der Waals surface area (Å²) in [5.74, 6) is 0. The Morgan fingerprint density at radius 1 is 1.47 bits per heavy atom. The van der Waals surface area contributed by atoms with Gasteiger partial charge in [0.2, 0.25) is 10.0 Å². The molecule has 1 aliphatic rings. The molecule has 0 radical (unpaired) electrons. The largest absolute Gasteiger partial charge is 0.399 e. The lowest BCUT2D eigenvalue weighted by Crippen LogP contribution is -2.40. The second kappa shape index (κ2) is 5.48. The number of rotatable bonds is 4. The lowest BCUT2D eigenvalue weighted by molar-refractivity contribution is 0.0902. The number of nitrogens with one attached hydrogen (secondary N) is 1. The number of benzene rings is 1. The zero-order chi connectivity index (χ0) is 14.0. The van der Waals surface area contributed by atoms with Crippen molar-refractivity contribution in [3.63, 3.8) is 0 Å². The van der Waals surface area contributed by atoms with Crippen molar-refractivity contribution in [2.24, 2.45) is 0 Å². The number of nitrogens with two attached hydrogens (primary N) is 1. The average Bonchev–Trinajstić information content (AvgIpc) is 2.85. The minimum absolute atomic E-state index is 0.0452. The zero-order valence-corrected chi connectivity index (χ0v) is 12.0. The van der Waals surface area contributed by atoms with Crippen LogP contribution in [0.25, 0.3) is 0 Å². The molecule has 0 aromatic heterocycles. The van der Waals surface area contributed by atoms with Crippen LogP contribution in [0, 0.1) is 6.92 Å². The van der Waals surface area contributed by atoms with E-state index in [0.717, 1.165) is 12.8 Å². The van der Waals surface area contributed by atoms with Crippen LogP contribution in [-0.2, 0) is 14.8 Å². The average molecular weight is 284 g/mol. The smallest absolute Gasteiger partial charge is 0.241 e. The standard InChI is InChI=1S/C13H20N2O3S/c1-9-5-6-11(14)8-13(9)19(16,17)15-10(2)12-4-3-7-18-12/h5-6,8,10,12,15H,3-4,7,14H2,1-2H3. The molecule has 1 aliphatic heterocycles. The molecule has 1 aromatic carbocycles. The second-order valence-corrected chi connectivity index (χ2v) is 6.67. The summed E-state index contributed by atoms with van der Waals surface area (Å²) in [6.45, 7) is 4.29. The fourth-order valence-electron chi connectivity index (χ4n) is 2.29. The molecule has 19 heavy (non-hydrogen) atoms. The van der Waals surface area contributed by atoms with Crippen LogP contribution in [0.3, 0.4) is 0 Å². The first-order chi connectivity index (χ1) is 8.90. The Bertz CT molecular complexity index is 551. The van der Waals surface area contributed by atoms with E-state index in [-0.39, 0.29) is 17.0 Å². The van der Waals surface area contributed by atoms with Gasteiger partial charge in [-0.3, -0.25) is 0 Å². The minimum Gasteiger partial charge on any atom is -0.399 e. The molecule has 0 bridgehead atoms. The highest BCUT2D eigenvalue weighted by Gasteiger charge is 2.27. The summed E-state index contributed by atoms with van der Waals surface area (Å²) >= 11 is 0. The van der Waals surface area contributed by atoms with Crippen LogP contribution in [-0.4, -0.2) is 27.2 Å². The molecule has 1 saturated heterocycles. The van der Waals surface area contributed by atoms with E-state index in [1.807, 2.05) is 6.92 Å². The van der Waals surface area contributed by atoms with Crippen LogP contribution in [0.15, 0.2) is 23.1 Å². The molecular weight excluding hydrogens is 264 g/mol. The molecule has 0 amide bonds. The molecule has 106 valence electrons. The highest BCUT2D eigenvalue weighted by Crippen LogP contribution is 2.21. The zero-order valence-electron chi connectivity index (χ0n) is 11.2. The first-order valence-electron chi connectivity index (χ1n) is 6.40. The molecule has 1 aromatic rings. The van der Waals surface area contributed by atoms with Gasteiger partial charge in [-0.2, -0.15) is 0 Å². The van der Waals surface area contributed by atoms with Gasteiger partial charge < -0.3 is 10.5 Å². The first kappa shape index (κ1) is 14.3.